The minimum atomic E-state index is -4.97. The molecule has 0 saturated carbocycles. The Morgan fingerprint density at radius 1 is 0.900 bits per heavy atom. The van der Waals surface area contributed by atoms with E-state index >= 15 is 0 Å². The van der Waals surface area contributed by atoms with E-state index in [0.717, 1.165) is 36.4 Å². The minimum Gasteiger partial charge on any atom is -0.323 e. The van der Waals surface area contributed by atoms with E-state index in [1.165, 1.54) is 32.0 Å². The van der Waals surface area contributed by atoms with Gasteiger partial charge < -0.3 is 14.7 Å². The zero-order valence-corrected chi connectivity index (χ0v) is 22.6. The topological polar surface area (TPSA) is 26.8 Å². The summed E-state index contributed by atoms with van der Waals surface area (Å²) in [6, 6.07) is 5.05. The molecule has 4 rings (SSSR count). The molecule has 2 saturated heterocycles. The summed E-state index contributed by atoms with van der Waals surface area (Å²) in [5.41, 5.74) is -1.66. The molecule has 0 spiro atoms. The van der Waals surface area contributed by atoms with Gasteiger partial charge in [-0.3, -0.25) is 0 Å². The summed E-state index contributed by atoms with van der Waals surface area (Å²) in [5, 5.41) is 0. The molecular weight excluding hydrogens is 539 g/mol. The van der Waals surface area contributed by atoms with Crippen molar-refractivity contribution in [3.05, 3.63) is 70.0 Å². The van der Waals surface area contributed by atoms with Crippen molar-refractivity contribution in [1.82, 2.24) is 14.7 Å². The van der Waals surface area contributed by atoms with Crippen LogP contribution in [0.4, 0.5) is 35.5 Å². The fraction of sp³-hybridized carbons (Fsp3) is 0.552. The first-order valence-corrected chi connectivity index (χ1v) is 13.5. The Bertz CT molecular complexity index is 1160. The monoisotopic (exact) mass is 573 g/mol. The number of carbonyl (C=O) groups is 1. The third-order valence-corrected chi connectivity index (χ3v) is 7.96. The highest BCUT2D eigenvalue weighted by atomic mass is 19.4. The number of likely N-dealkylation sites (tertiary alicyclic amines) is 2. The first-order chi connectivity index (χ1) is 18.7. The summed E-state index contributed by atoms with van der Waals surface area (Å²) < 4.78 is 94.1. The fourth-order valence-electron chi connectivity index (χ4n) is 5.95. The van der Waals surface area contributed by atoms with Crippen molar-refractivity contribution < 1.29 is 35.5 Å². The van der Waals surface area contributed by atoms with Crippen LogP contribution in [0, 0.1) is 12.7 Å². The van der Waals surface area contributed by atoms with E-state index in [0.29, 0.717) is 37.1 Å². The Labute approximate surface area is 229 Å². The highest BCUT2D eigenvalue weighted by molar-refractivity contribution is 5.75. The summed E-state index contributed by atoms with van der Waals surface area (Å²) >= 11 is 0. The number of aryl methyl sites for hydroxylation is 1. The predicted molar refractivity (Wildman–Crippen MR) is 137 cm³/mol. The Kier molecular flexibility index (Phi) is 9.02. The van der Waals surface area contributed by atoms with Crippen LogP contribution in [-0.2, 0) is 18.9 Å². The molecule has 0 N–H and O–H groups in total. The van der Waals surface area contributed by atoms with Crippen LogP contribution in [0.3, 0.4) is 0 Å². The highest BCUT2D eigenvalue weighted by Crippen LogP contribution is 2.38. The zero-order valence-electron chi connectivity index (χ0n) is 22.6. The van der Waals surface area contributed by atoms with Crippen LogP contribution in [0.1, 0.15) is 72.4 Å². The quantitative estimate of drug-likeness (QED) is 0.349. The number of carbonyl (C=O) groups excluding carboxylic acids is 1. The summed E-state index contributed by atoms with van der Waals surface area (Å²) in [4.78, 5) is 18.9. The van der Waals surface area contributed by atoms with Crippen LogP contribution < -0.4 is 0 Å². The number of amides is 2. The van der Waals surface area contributed by atoms with Gasteiger partial charge in [0.25, 0.3) is 0 Å². The molecule has 2 aromatic rings. The van der Waals surface area contributed by atoms with Crippen molar-refractivity contribution >= 4 is 6.03 Å². The second kappa shape index (κ2) is 12.0. The van der Waals surface area contributed by atoms with Gasteiger partial charge in [0.2, 0.25) is 0 Å². The normalized spacial score (nSPS) is 21.3. The van der Waals surface area contributed by atoms with Crippen LogP contribution in [0.5, 0.6) is 0 Å². The lowest BCUT2D eigenvalue weighted by molar-refractivity contribution is -0.143. The molecule has 220 valence electrons. The number of piperidine rings is 1. The third-order valence-electron chi connectivity index (χ3n) is 7.96. The molecule has 2 aromatic carbocycles. The molecule has 0 aliphatic carbocycles. The van der Waals surface area contributed by atoms with Crippen LogP contribution >= 0.6 is 0 Å². The Hall–Kier alpha value is -2.82. The Morgan fingerprint density at radius 3 is 2.05 bits per heavy atom. The van der Waals surface area contributed by atoms with Crippen molar-refractivity contribution in [3.8, 4) is 0 Å². The van der Waals surface area contributed by atoms with E-state index in [-0.39, 0.29) is 17.7 Å². The lowest BCUT2D eigenvalue weighted by atomic mass is 9.88. The van der Waals surface area contributed by atoms with E-state index in [2.05, 4.69) is 4.90 Å². The van der Waals surface area contributed by atoms with E-state index < -0.39 is 47.9 Å². The average Bonchev–Trinajstić information content (AvgIpc) is 3.16. The fourth-order valence-corrected chi connectivity index (χ4v) is 5.95. The number of hydrogen-bond donors (Lipinski definition) is 0. The molecule has 11 heteroatoms. The predicted octanol–water partition coefficient (Wildman–Crippen LogP) is 7.81. The smallest absolute Gasteiger partial charge is 0.323 e. The van der Waals surface area contributed by atoms with Crippen LogP contribution in [0.2, 0.25) is 0 Å². The number of hydrogen-bond acceptors (Lipinski definition) is 2. The van der Waals surface area contributed by atoms with Gasteiger partial charge in [-0.1, -0.05) is 18.9 Å². The molecule has 0 unspecified atom stereocenters. The van der Waals surface area contributed by atoms with Crippen molar-refractivity contribution in [2.24, 2.45) is 0 Å². The molecule has 2 aliphatic heterocycles. The van der Waals surface area contributed by atoms with Gasteiger partial charge >= 0.3 is 18.4 Å². The summed E-state index contributed by atoms with van der Waals surface area (Å²) in [7, 11) is 1.37. The summed E-state index contributed by atoms with van der Waals surface area (Å²) in [5.74, 6) is -0.402. The third kappa shape index (κ3) is 7.08. The Morgan fingerprint density at radius 2 is 1.50 bits per heavy atom. The van der Waals surface area contributed by atoms with Gasteiger partial charge in [-0.15, -0.1) is 0 Å². The van der Waals surface area contributed by atoms with Crippen molar-refractivity contribution in [1.29, 1.82) is 0 Å². The van der Waals surface area contributed by atoms with E-state index in [4.69, 9.17) is 0 Å². The maximum Gasteiger partial charge on any atom is 0.416 e. The van der Waals surface area contributed by atoms with Crippen LogP contribution in [0.25, 0.3) is 0 Å². The first-order valence-electron chi connectivity index (χ1n) is 13.5. The number of nitrogens with zero attached hydrogens (tertiary/aromatic N) is 3. The second-order valence-electron chi connectivity index (χ2n) is 10.9. The standard InChI is InChI=1S/C29H34F7N3O/c1-19-13-23(30)7-8-25(19)26-17-24(38-10-5-3-4-6-11-38)9-12-39(26)27(40)37(2)18-20-14-21(28(31,32)33)16-22(15-20)29(34,35)36/h7-8,13-16,24,26H,3-6,9-12,17-18H2,1-2H3/t24-,26-/m1/s1. The summed E-state index contributed by atoms with van der Waals surface area (Å²) in [6.07, 6.45) is -4.11. The molecule has 2 atom stereocenters. The number of urea groups is 1. The number of benzene rings is 2. The maximum atomic E-state index is 13.9. The van der Waals surface area contributed by atoms with Crippen molar-refractivity contribution in [2.45, 2.75) is 76.4 Å². The van der Waals surface area contributed by atoms with Crippen molar-refractivity contribution in [2.75, 3.05) is 26.7 Å². The first kappa shape index (κ1) is 30.1. The van der Waals surface area contributed by atoms with Gasteiger partial charge in [0, 0.05) is 26.2 Å². The Balaban J connectivity index is 1.60. The molecule has 0 radical (unpaired) electrons. The molecule has 2 aliphatic rings. The van der Waals surface area contributed by atoms with Gasteiger partial charge in [-0.25, -0.2) is 9.18 Å². The van der Waals surface area contributed by atoms with Crippen LogP contribution in [-0.4, -0.2) is 53.5 Å². The molecule has 2 amide bonds. The molecule has 4 nitrogen and oxygen atoms in total. The van der Waals surface area contributed by atoms with Gasteiger partial charge in [0.05, 0.1) is 17.2 Å². The van der Waals surface area contributed by atoms with E-state index in [1.54, 1.807) is 17.9 Å². The van der Waals surface area contributed by atoms with Gasteiger partial charge in [-0.05, 0) is 92.7 Å². The zero-order chi connectivity index (χ0) is 29.2. The molecule has 2 fully saturated rings. The lowest BCUT2D eigenvalue weighted by Gasteiger charge is -2.45. The van der Waals surface area contributed by atoms with Crippen LogP contribution in [0.15, 0.2) is 36.4 Å². The molecule has 0 aromatic heterocycles. The van der Waals surface area contributed by atoms with E-state index in [9.17, 15) is 35.5 Å². The minimum absolute atomic E-state index is 0.0757. The van der Waals surface area contributed by atoms with E-state index in [1.807, 2.05) is 0 Å². The number of alkyl halides is 6. The maximum absolute atomic E-state index is 13.9. The largest absolute Gasteiger partial charge is 0.416 e. The molecule has 2 heterocycles. The number of halogens is 7. The van der Waals surface area contributed by atoms with Gasteiger partial charge in [0.1, 0.15) is 5.82 Å². The average molecular weight is 574 g/mol. The van der Waals surface area contributed by atoms with Crippen molar-refractivity contribution in [3.63, 3.8) is 0 Å². The highest BCUT2D eigenvalue weighted by Gasteiger charge is 2.39. The molecule has 40 heavy (non-hydrogen) atoms. The lowest BCUT2D eigenvalue weighted by Crippen LogP contribution is -2.51. The second-order valence-corrected chi connectivity index (χ2v) is 10.9. The van der Waals surface area contributed by atoms with Gasteiger partial charge in [-0.2, -0.15) is 26.3 Å². The summed E-state index contributed by atoms with van der Waals surface area (Å²) in [6.45, 7) is 3.62. The molecular formula is C29H34F7N3O. The number of rotatable bonds is 4. The SMILES string of the molecule is Cc1cc(F)ccc1[C@H]1C[C@H](N2CCCCCC2)CCN1C(=O)N(C)Cc1cc(C(F)(F)F)cc(C(F)(F)F)c1. The molecule has 0 bridgehead atoms. The van der Waals surface area contributed by atoms with Gasteiger partial charge in [0.15, 0.2) is 0 Å².